The zero-order valence-electron chi connectivity index (χ0n) is 14.5. The van der Waals surface area contributed by atoms with Gasteiger partial charge in [0.05, 0.1) is 0 Å². The van der Waals surface area contributed by atoms with Gasteiger partial charge in [-0.15, -0.1) is 11.8 Å². The maximum Gasteiger partial charge on any atom is 0.344 e. The number of urea groups is 1. The van der Waals surface area contributed by atoms with E-state index in [1.165, 1.54) is 0 Å². The number of nitrogens with one attached hydrogen (secondary N) is 2. The van der Waals surface area contributed by atoms with Crippen LogP contribution < -0.4 is 10.7 Å². The van der Waals surface area contributed by atoms with E-state index in [4.69, 9.17) is 0 Å². The first-order chi connectivity index (χ1) is 12.5. The Balaban J connectivity index is 1.83. The first kappa shape index (κ1) is 18.0. The van der Waals surface area contributed by atoms with Crippen LogP contribution in [-0.2, 0) is 10.3 Å². The molecule has 134 valence electrons. The lowest BCUT2D eigenvalue weighted by Gasteiger charge is -2.25. The molecule has 7 heteroatoms. The van der Waals surface area contributed by atoms with E-state index < -0.39 is 23.4 Å². The van der Waals surface area contributed by atoms with Gasteiger partial charge in [-0.05, 0) is 42.5 Å². The highest BCUT2D eigenvalue weighted by molar-refractivity contribution is 7.98. The van der Waals surface area contributed by atoms with Crippen molar-refractivity contribution in [2.75, 3.05) is 6.26 Å². The molecule has 0 unspecified atom stereocenters. The Hall–Kier alpha value is -2.80. The molecule has 0 aliphatic carbocycles. The Bertz CT molecular complexity index is 839. The molecular formula is C19H19N3O3S. The van der Waals surface area contributed by atoms with Crippen LogP contribution >= 0.6 is 11.8 Å². The standard InChI is InChI=1S/C19H19N3O3S/c1-3-19(14-7-5-4-6-8-14)17(24)22(18(25)20-19)21-16(23)13-9-11-15(26-2)12-10-13/h4-12H,3H2,1-2H3,(H,20,25)(H,21,23)/t19-/m1/s1. The summed E-state index contributed by atoms with van der Waals surface area (Å²) in [6, 6.07) is 15.3. The third-order valence-corrected chi connectivity index (χ3v) is 5.20. The van der Waals surface area contributed by atoms with Crippen LogP contribution in [0.1, 0.15) is 29.3 Å². The number of hydrogen-bond donors (Lipinski definition) is 2. The molecule has 1 atom stereocenters. The number of imide groups is 1. The van der Waals surface area contributed by atoms with Crippen LogP contribution in [-0.4, -0.2) is 29.1 Å². The summed E-state index contributed by atoms with van der Waals surface area (Å²) in [6.07, 6.45) is 2.31. The van der Waals surface area contributed by atoms with Crippen molar-refractivity contribution in [1.29, 1.82) is 0 Å². The average Bonchev–Trinajstić information content (AvgIpc) is 2.93. The van der Waals surface area contributed by atoms with Crippen LogP contribution in [0.5, 0.6) is 0 Å². The van der Waals surface area contributed by atoms with Crippen molar-refractivity contribution in [3.8, 4) is 0 Å². The minimum absolute atomic E-state index is 0.371. The predicted molar refractivity (Wildman–Crippen MR) is 99.5 cm³/mol. The Labute approximate surface area is 155 Å². The van der Waals surface area contributed by atoms with E-state index in [0.717, 1.165) is 9.90 Å². The van der Waals surface area contributed by atoms with Crippen molar-refractivity contribution >= 4 is 29.6 Å². The first-order valence-corrected chi connectivity index (χ1v) is 9.41. The smallest absolute Gasteiger partial charge is 0.318 e. The largest absolute Gasteiger partial charge is 0.344 e. The van der Waals surface area contributed by atoms with Gasteiger partial charge >= 0.3 is 6.03 Å². The van der Waals surface area contributed by atoms with Crippen molar-refractivity contribution in [3.05, 3.63) is 65.7 Å². The molecular weight excluding hydrogens is 350 g/mol. The van der Waals surface area contributed by atoms with E-state index in [1.807, 2.05) is 31.4 Å². The number of amides is 4. The summed E-state index contributed by atoms with van der Waals surface area (Å²) in [5.41, 5.74) is 2.30. The lowest BCUT2D eigenvalue weighted by atomic mass is 9.87. The van der Waals surface area contributed by atoms with Gasteiger partial charge in [0.15, 0.2) is 0 Å². The summed E-state index contributed by atoms with van der Waals surface area (Å²) in [6.45, 7) is 1.82. The van der Waals surface area contributed by atoms with Crippen LogP contribution in [0.2, 0.25) is 0 Å². The van der Waals surface area contributed by atoms with Gasteiger partial charge in [-0.3, -0.25) is 15.0 Å². The lowest BCUT2D eigenvalue weighted by molar-refractivity contribution is -0.133. The van der Waals surface area contributed by atoms with Crippen LogP contribution in [0.3, 0.4) is 0 Å². The van der Waals surface area contributed by atoms with Gasteiger partial charge in [0.2, 0.25) is 0 Å². The molecule has 4 amide bonds. The second-order valence-electron chi connectivity index (χ2n) is 5.87. The third kappa shape index (κ3) is 3.06. The highest BCUT2D eigenvalue weighted by atomic mass is 32.2. The summed E-state index contributed by atoms with van der Waals surface area (Å²) < 4.78 is 0. The third-order valence-electron chi connectivity index (χ3n) is 4.45. The molecule has 1 saturated heterocycles. The molecule has 2 N–H and O–H groups in total. The topological polar surface area (TPSA) is 78.5 Å². The molecule has 1 aliphatic heterocycles. The Morgan fingerprint density at radius 1 is 1.12 bits per heavy atom. The van der Waals surface area contributed by atoms with Gasteiger partial charge in [0, 0.05) is 10.5 Å². The quantitative estimate of drug-likeness (QED) is 0.627. The number of thioether (sulfide) groups is 1. The molecule has 0 bridgehead atoms. The number of nitrogens with zero attached hydrogens (tertiary/aromatic N) is 1. The van der Waals surface area contributed by atoms with E-state index in [0.29, 0.717) is 17.5 Å². The summed E-state index contributed by atoms with van der Waals surface area (Å²) >= 11 is 1.56. The molecule has 2 aromatic rings. The van der Waals surface area contributed by atoms with E-state index in [9.17, 15) is 14.4 Å². The number of rotatable bonds is 5. The van der Waals surface area contributed by atoms with E-state index in [2.05, 4.69) is 10.7 Å². The Kier molecular flexibility index (Phi) is 4.99. The summed E-state index contributed by atoms with van der Waals surface area (Å²) in [5, 5.41) is 3.49. The van der Waals surface area contributed by atoms with Crippen LogP contribution in [0.15, 0.2) is 59.5 Å². The van der Waals surface area contributed by atoms with Crippen molar-refractivity contribution in [2.24, 2.45) is 0 Å². The van der Waals surface area contributed by atoms with Crippen LogP contribution in [0.25, 0.3) is 0 Å². The molecule has 26 heavy (non-hydrogen) atoms. The molecule has 6 nitrogen and oxygen atoms in total. The molecule has 1 fully saturated rings. The zero-order chi connectivity index (χ0) is 18.7. The average molecular weight is 369 g/mol. The fourth-order valence-electron chi connectivity index (χ4n) is 2.95. The summed E-state index contributed by atoms with van der Waals surface area (Å²) in [7, 11) is 0. The van der Waals surface area contributed by atoms with E-state index >= 15 is 0 Å². The molecule has 1 heterocycles. The second-order valence-corrected chi connectivity index (χ2v) is 6.74. The molecule has 2 aromatic carbocycles. The van der Waals surface area contributed by atoms with Crippen molar-refractivity contribution < 1.29 is 14.4 Å². The van der Waals surface area contributed by atoms with Crippen LogP contribution in [0.4, 0.5) is 4.79 Å². The highest BCUT2D eigenvalue weighted by Crippen LogP contribution is 2.31. The molecule has 0 radical (unpaired) electrons. The maximum absolute atomic E-state index is 13.0. The highest BCUT2D eigenvalue weighted by Gasteiger charge is 2.52. The van der Waals surface area contributed by atoms with Crippen molar-refractivity contribution in [2.45, 2.75) is 23.8 Å². The van der Waals surface area contributed by atoms with Crippen LogP contribution in [0, 0.1) is 0 Å². The monoisotopic (exact) mass is 369 g/mol. The Morgan fingerprint density at radius 3 is 2.35 bits per heavy atom. The fraction of sp³-hybridized carbons (Fsp3) is 0.211. The maximum atomic E-state index is 13.0. The molecule has 0 aromatic heterocycles. The number of hydrogen-bond acceptors (Lipinski definition) is 4. The number of benzene rings is 2. The van der Waals surface area contributed by atoms with Crippen molar-refractivity contribution in [1.82, 2.24) is 15.8 Å². The van der Waals surface area contributed by atoms with Gasteiger partial charge in [0.25, 0.3) is 11.8 Å². The SMILES string of the molecule is CC[C@]1(c2ccccc2)NC(=O)N(NC(=O)c2ccc(SC)cc2)C1=O. The molecule has 0 spiro atoms. The van der Waals surface area contributed by atoms with Gasteiger partial charge in [-0.1, -0.05) is 37.3 Å². The number of carbonyl (C=O) groups is 3. The van der Waals surface area contributed by atoms with E-state index in [1.54, 1.807) is 48.2 Å². The fourth-order valence-corrected chi connectivity index (χ4v) is 3.36. The summed E-state index contributed by atoms with van der Waals surface area (Å²) in [5.74, 6) is -1.01. The molecule has 1 aliphatic rings. The molecule has 3 rings (SSSR count). The number of carbonyl (C=O) groups excluding carboxylic acids is 3. The second kappa shape index (κ2) is 7.21. The minimum Gasteiger partial charge on any atom is -0.318 e. The summed E-state index contributed by atoms with van der Waals surface area (Å²) in [4.78, 5) is 38.8. The van der Waals surface area contributed by atoms with E-state index in [-0.39, 0.29) is 0 Å². The minimum atomic E-state index is -1.17. The first-order valence-electron chi connectivity index (χ1n) is 8.19. The van der Waals surface area contributed by atoms with Gasteiger partial charge in [-0.25, -0.2) is 4.79 Å². The Morgan fingerprint density at radius 2 is 1.77 bits per heavy atom. The normalized spacial score (nSPS) is 19.4. The van der Waals surface area contributed by atoms with Crippen molar-refractivity contribution in [3.63, 3.8) is 0 Å². The van der Waals surface area contributed by atoms with Gasteiger partial charge < -0.3 is 5.32 Å². The zero-order valence-corrected chi connectivity index (χ0v) is 15.3. The predicted octanol–water partition coefficient (Wildman–Crippen LogP) is 2.91. The van der Waals surface area contributed by atoms with Gasteiger partial charge in [-0.2, -0.15) is 5.01 Å². The number of hydrazine groups is 1. The van der Waals surface area contributed by atoms with Gasteiger partial charge in [0.1, 0.15) is 5.54 Å². The molecule has 0 saturated carbocycles. The lowest BCUT2D eigenvalue weighted by Crippen LogP contribution is -2.48.